The number of rotatable bonds is 5. The molecular formula is C20H21Cl2N3O2. The van der Waals surface area contributed by atoms with Gasteiger partial charge >= 0.3 is 0 Å². The molecule has 1 atom stereocenters. The number of hydrogen-bond acceptors (Lipinski definition) is 3. The summed E-state index contributed by atoms with van der Waals surface area (Å²) in [4.78, 5) is 26.5. The van der Waals surface area contributed by atoms with Crippen molar-refractivity contribution in [2.45, 2.75) is 13.3 Å². The fraction of sp³-hybridized carbons (Fsp3) is 0.300. The molecule has 0 aromatic heterocycles. The van der Waals surface area contributed by atoms with E-state index < -0.39 is 5.91 Å². The summed E-state index contributed by atoms with van der Waals surface area (Å²) in [5.41, 5.74) is 2.12. The van der Waals surface area contributed by atoms with Crippen molar-refractivity contribution in [2.75, 3.05) is 29.9 Å². The standard InChI is InChI=1S/C20H21Cl2N3O2/c1-13-8-9-25(12-13)16-5-3-15(4-6-16)24-19(26)11-23-20(27)17-7-2-14(21)10-18(17)22/h2-7,10,13H,8-9,11-12H2,1H3,(H,23,27)(H,24,26). The first-order valence-electron chi connectivity index (χ1n) is 8.80. The summed E-state index contributed by atoms with van der Waals surface area (Å²) in [7, 11) is 0. The lowest BCUT2D eigenvalue weighted by atomic mass is 10.2. The maximum atomic E-state index is 12.1. The fourth-order valence-electron chi connectivity index (χ4n) is 3.06. The van der Waals surface area contributed by atoms with E-state index in [-0.39, 0.29) is 23.0 Å². The van der Waals surface area contributed by atoms with Crippen molar-refractivity contribution in [3.63, 3.8) is 0 Å². The molecule has 1 aliphatic heterocycles. The van der Waals surface area contributed by atoms with Crippen LogP contribution in [0.15, 0.2) is 42.5 Å². The molecule has 0 radical (unpaired) electrons. The second kappa shape index (κ2) is 8.63. The Morgan fingerprint density at radius 2 is 1.89 bits per heavy atom. The largest absolute Gasteiger partial charge is 0.371 e. The Kier molecular flexibility index (Phi) is 6.24. The molecule has 142 valence electrons. The van der Waals surface area contributed by atoms with E-state index in [0.29, 0.717) is 16.6 Å². The zero-order valence-corrected chi connectivity index (χ0v) is 16.5. The predicted molar refractivity (Wildman–Crippen MR) is 110 cm³/mol. The molecular weight excluding hydrogens is 385 g/mol. The Morgan fingerprint density at radius 3 is 2.52 bits per heavy atom. The molecule has 0 saturated carbocycles. The number of amides is 2. The topological polar surface area (TPSA) is 61.4 Å². The van der Waals surface area contributed by atoms with Crippen molar-refractivity contribution in [1.29, 1.82) is 0 Å². The first-order valence-corrected chi connectivity index (χ1v) is 9.56. The van der Waals surface area contributed by atoms with Crippen LogP contribution in [0.5, 0.6) is 0 Å². The molecule has 1 unspecified atom stereocenters. The zero-order chi connectivity index (χ0) is 19.4. The number of carbonyl (C=O) groups is 2. The molecule has 1 saturated heterocycles. The zero-order valence-electron chi connectivity index (χ0n) is 15.0. The van der Waals surface area contributed by atoms with Crippen LogP contribution in [0.3, 0.4) is 0 Å². The van der Waals surface area contributed by atoms with Gasteiger partial charge < -0.3 is 15.5 Å². The quantitative estimate of drug-likeness (QED) is 0.782. The maximum absolute atomic E-state index is 12.1. The van der Waals surface area contributed by atoms with Gasteiger partial charge in [-0.3, -0.25) is 9.59 Å². The average Bonchev–Trinajstić information content (AvgIpc) is 3.07. The average molecular weight is 406 g/mol. The van der Waals surface area contributed by atoms with Gasteiger partial charge in [0.15, 0.2) is 0 Å². The number of anilines is 2. The number of carbonyl (C=O) groups excluding carboxylic acids is 2. The van der Waals surface area contributed by atoms with Crippen LogP contribution in [0, 0.1) is 5.92 Å². The molecule has 0 spiro atoms. The Bertz CT molecular complexity index is 840. The van der Waals surface area contributed by atoms with Gasteiger partial charge in [0.25, 0.3) is 5.91 Å². The molecule has 2 N–H and O–H groups in total. The van der Waals surface area contributed by atoms with Gasteiger partial charge in [0, 0.05) is 29.5 Å². The third kappa shape index (κ3) is 5.15. The summed E-state index contributed by atoms with van der Waals surface area (Å²) in [5.74, 6) is -0.0246. The van der Waals surface area contributed by atoms with Gasteiger partial charge in [-0.1, -0.05) is 30.1 Å². The molecule has 3 rings (SSSR count). The Hall–Kier alpha value is -2.24. The third-order valence-corrected chi connectivity index (χ3v) is 5.07. The molecule has 27 heavy (non-hydrogen) atoms. The van der Waals surface area contributed by atoms with Crippen LogP contribution in [0.25, 0.3) is 0 Å². The highest BCUT2D eigenvalue weighted by Gasteiger charge is 2.18. The van der Waals surface area contributed by atoms with Crippen molar-refractivity contribution < 1.29 is 9.59 Å². The highest BCUT2D eigenvalue weighted by Crippen LogP contribution is 2.25. The molecule has 2 amide bonds. The first kappa shape index (κ1) is 19.5. The van der Waals surface area contributed by atoms with Crippen molar-refractivity contribution in [2.24, 2.45) is 5.92 Å². The van der Waals surface area contributed by atoms with Crippen LogP contribution in [-0.2, 0) is 4.79 Å². The van der Waals surface area contributed by atoms with Crippen molar-refractivity contribution in [3.8, 4) is 0 Å². The van der Waals surface area contributed by atoms with Crippen LogP contribution in [0.1, 0.15) is 23.7 Å². The van der Waals surface area contributed by atoms with Crippen LogP contribution in [0.4, 0.5) is 11.4 Å². The normalized spacial score (nSPS) is 16.3. The molecule has 2 aromatic rings. The van der Waals surface area contributed by atoms with E-state index in [0.717, 1.165) is 18.8 Å². The minimum absolute atomic E-state index is 0.150. The van der Waals surface area contributed by atoms with Crippen molar-refractivity contribution in [1.82, 2.24) is 5.32 Å². The number of halogens is 2. The van der Waals surface area contributed by atoms with E-state index in [2.05, 4.69) is 22.5 Å². The van der Waals surface area contributed by atoms with E-state index in [1.54, 1.807) is 6.07 Å². The van der Waals surface area contributed by atoms with Crippen molar-refractivity contribution in [3.05, 3.63) is 58.1 Å². The van der Waals surface area contributed by atoms with Gasteiger partial charge in [-0.25, -0.2) is 0 Å². The Morgan fingerprint density at radius 1 is 1.15 bits per heavy atom. The monoisotopic (exact) mass is 405 g/mol. The lowest BCUT2D eigenvalue weighted by molar-refractivity contribution is -0.115. The second-order valence-corrected chi connectivity index (χ2v) is 7.59. The molecule has 7 heteroatoms. The summed E-state index contributed by atoms with van der Waals surface area (Å²) in [5, 5.41) is 6.01. The van der Waals surface area contributed by atoms with Crippen LogP contribution < -0.4 is 15.5 Å². The molecule has 2 aromatic carbocycles. The van der Waals surface area contributed by atoms with Crippen LogP contribution >= 0.6 is 23.2 Å². The van der Waals surface area contributed by atoms with E-state index in [9.17, 15) is 9.59 Å². The first-order chi connectivity index (χ1) is 12.9. The van der Waals surface area contributed by atoms with Gasteiger partial charge in [0.1, 0.15) is 0 Å². The number of benzene rings is 2. The van der Waals surface area contributed by atoms with E-state index in [1.807, 2.05) is 24.3 Å². The summed E-state index contributed by atoms with van der Waals surface area (Å²) >= 11 is 11.8. The second-order valence-electron chi connectivity index (χ2n) is 6.74. The summed E-state index contributed by atoms with van der Waals surface area (Å²) in [6.45, 7) is 4.22. The molecule has 5 nitrogen and oxygen atoms in total. The van der Waals surface area contributed by atoms with Gasteiger partial charge in [0.2, 0.25) is 5.91 Å². The van der Waals surface area contributed by atoms with Crippen LogP contribution in [-0.4, -0.2) is 31.4 Å². The highest BCUT2D eigenvalue weighted by molar-refractivity contribution is 6.36. The summed E-state index contributed by atoms with van der Waals surface area (Å²) in [6.07, 6.45) is 1.20. The number of hydrogen-bond donors (Lipinski definition) is 2. The smallest absolute Gasteiger partial charge is 0.253 e. The number of nitrogens with zero attached hydrogens (tertiary/aromatic N) is 1. The lowest BCUT2D eigenvalue weighted by Crippen LogP contribution is -2.33. The van der Waals surface area contributed by atoms with Gasteiger partial charge in [-0.05, 0) is 54.8 Å². The van der Waals surface area contributed by atoms with Crippen LogP contribution in [0.2, 0.25) is 10.0 Å². The summed E-state index contributed by atoms with van der Waals surface area (Å²) < 4.78 is 0. The lowest BCUT2D eigenvalue weighted by Gasteiger charge is -2.18. The van der Waals surface area contributed by atoms with E-state index in [1.165, 1.54) is 18.6 Å². The predicted octanol–water partition coefficient (Wildman–Crippen LogP) is 4.21. The molecule has 0 bridgehead atoms. The maximum Gasteiger partial charge on any atom is 0.253 e. The van der Waals surface area contributed by atoms with E-state index >= 15 is 0 Å². The minimum Gasteiger partial charge on any atom is -0.371 e. The van der Waals surface area contributed by atoms with Gasteiger partial charge in [0.05, 0.1) is 17.1 Å². The minimum atomic E-state index is -0.426. The molecule has 1 aliphatic rings. The third-order valence-electron chi connectivity index (χ3n) is 4.53. The Labute approximate surface area is 168 Å². The van der Waals surface area contributed by atoms with Gasteiger partial charge in [-0.2, -0.15) is 0 Å². The fourth-order valence-corrected chi connectivity index (χ4v) is 3.55. The number of nitrogens with one attached hydrogen (secondary N) is 2. The molecule has 1 fully saturated rings. The highest BCUT2D eigenvalue weighted by atomic mass is 35.5. The molecule has 0 aliphatic carbocycles. The van der Waals surface area contributed by atoms with Gasteiger partial charge in [-0.15, -0.1) is 0 Å². The molecule has 1 heterocycles. The Balaban J connectivity index is 1.51. The van der Waals surface area contributed by atoms with Crippen molar-refractivity contribution >= 4 is 46.4 Å². The SMILES string of the molecule is CC1CCN(c2ccc(NC(=O)CNC(=O)c3ccc(Cl)cc3Cl)cc2)C1. The summed E-state index contributed by atoms with van der Waals surface area (Å²) in [6, 6.07) is 12.3. The van der Waals surface area contributed by atoms with E-state index in [4.69, 9.17) is 23.2 Å².